The number of hydrogen-bond donors (Lipinski definition) is 2. The summed E-state index contributed by atoms with van der Waals surface area (Å²) in [6.45, 7) is 0.669. The summed E-state index contributed by atoms with van der Waals surface area (Å²) in [6.07, 6.45) is 2.97. The van der Waals surface area contributed by atoms with Crippen LogP contribution in [0.4, 0.5) is 0 Å². The zero-order chi connectivity index (χ0) is 8.48. The fourth-order valence-electron chi connectivity index (χ4n) is 1.33. The van der Waals surface area contributed by atoms with Crippen LogP contribution in [0.5, 0.6) is 0 Å². The Morgan fingerprint density at radius 2 is 2.09 bits per heavy atom. The van der Waals surface area contributed by atoms with Gasteiger partial charge in [-0.05, 0) is 25.3 Å². The van der Waals surface area contributed by atoms with Crippen LogP contribution in [-0.4, -0.2) is 27.3 Å². The summed E-state index contributed by atoms with van der Waals surface area (Å²) in [4.78, 5) is 0. The van der Waals surface area contributed by atoms with Crippen molar-refractivity contribution < 1.29 is 8.42 Å². The molecule has 0 aromatic rings. The van der Waals surface area contributed by atoms with E-state index in [9.17, 15) is 8.42 Å². The minimum Gasteiger partial charge on any atom is -0.330 e. The lowest BCUT2D eigenvalue weighted by molar-refractivity contribution is 0.256. The summed E-state index contributed by atoms with van der Waals surface area (Å²) < 4.78 is 23.9. The highest BCUT2D eigenvalue weighted by Gasteiger charge is 2.29. The molecule has 5 heteroatoms. The van der Waals surface area contributed by atoms with Gasteiger partial charge in [0.1, 0.15) is 0 Å². The third-order valence-electron chi connectivity index (χ3n) is 1.95. The van der Waals surface area contributed by atoms with Crippen LogP contribution in [-0.2, 0) is 10.0 Å². The van der Waals surface area contributed by atoms with E-state index in [4.69, 9.17) is 5.73 Å². The molecule has 4 nitrogen and oxygen atoms in total. The third kappa shape index (κ3) is 2.76. The average molecular weight is 178 g/mol. The Morgan fingerprint density at radius 3 is 2.45 bits per heavy atom. The monoisotopic (exact) mass is 178 g/mol. The fraction of sp³-hybridized carbons (Fsp3) is 1.00. The van der Waals surface area contributed by atoms with Crippen LogP contribution in [0, 0.1) is 5.92 Å². The molecular weight excluding hydrogens is 164 g/mol. The van der Waals surface area contributed by atoms with E-state index < -0.39 is 10.0 Å². The first-order valence-electron chi connectivity index (χ1n) is 3.68. The molecule has 1 saturated carbocycles. The zero-order valence-corrected chi connectivity index (χ0v) is 7.39. The first kappa shape index (κ1) is 8.96. The van der Waals surface area contributed by atoms with Gasteiger partial charge in [-0.25, -0.2) is 13.1 Å². The van der Waals surface area contributed by atoms with Crippen molar-refractivity contribution in [2.75, 3.05) is 12.8 Å². The van der Waals surface area contributed by atoms with E-state index >= 15 is 0 Å². The summed E-state index contributed by atoms with van der Waals surface area (Å²) in [5.74, 6) is 0.522. The van der Waals surface area contributed by atoms with Crippen LogP contribution >= 0.6 is 0 Å². The first-order valence-corrected chi connectivity index (χ1v) is 5.58. The van der Waals surface area contributed by atoms with E-state index in [2.05, 4.69) is 4.72 Å². The summed E-state index contributed by atoms with van der Waals surface area (Å²) in [7, 11) is -3.01. The highest BCUT2D eigenvalue weighted by molar-refractivity contribution is 7.88. The lowest BCUT2D eigenvalue weighted by Gasteiger charge is -2.34. The van der Waals surface area contributed by atoms with Gasteiger partial charge in [-0.1, -0.05) is 0 Å². The van der Waals surface area contributed by atoms with Crippen LogP contribution in [0.15, 0.2) is 0 Å². The second-order valence-electron chi connectivity index (χ2n) is 3.16. The van der Waals surface area contributed by atoms with E-state index in [1.54, 1.807) is 0 Å². The predicted molar refractivity (Wildman–Crippen MR) is 43.5 cm³/mol. The van der Waals surface area contributed by atoms with Crippen molar-refractivity contribution in [2.24, 2.45) is 11.7 Å². The van der Waals surface area contributed by atoms with Crippen LogP contribution in [0.25, 0.3) is 0 Å². The lowest BCUT2D eigenvalue weighted by atomic mass is 9.81. The molecule has 0 radical (unpaired) electrons. The molecule has 0 aromatic heterocycles. The molecule has 1 fully saturated rings. The molecule has 1 aliphatic rings. The minimum atomic E-state index is -3.01. The molecular formula is C6H14N2O2S. The molecule has 0 atom stereocenters. The normalized spacial score (nSPS) is 31.5. The van der Waals surface area contributed by atoms with Gasteiger partial charge < -0.3 is 5.73 Å². The van der Waals surface area contributed by atoms with E-state index in [1.807, 2.05) is 0 Å². The van der Waals surface area contributed by atoms with Gasteiger partial charge in [-0.3, -0.25) is 0 Å². The van der Waals surface area contributed by atoms with Crippen molar-refractivity contribution >= 4 is 10.0 Å². The number of nitrogens with one attached hydrogen (secondary N) is 1. The van der Waals surface area contributed by atoms with Crippen molar-refractivity contribution in [2.45, 2.75) is 18.9 Å². The summed E-state index contributed by atoms with van der Waals surface area (Å²) >= 11 is 0. The number of sulfonamides is 1. The molecule has 1 aliphatic carbocycles. The van der Waals surface area contributed by atoms with Gasteiger partial charge in [-0.15, -0.1) is 0 Å². The number of nitrogens with two attached hydrogens (primary N) is 1. The summed E-state index contributed by atoms with van der Waals surface area (Å²) in [5.41, 5.74) is 5.38. The Bertz CT molecular complexity index is 219. The SMILES string of the molecule is CS(=O)(=O)NC1CC(CN)C1. The largest absolute Gasteiger partial charge is 0.330 e. The minimum absolute atomic E-state index is 0.138. The molecule has 0 aliphatic heterocycles. The van der Waals surface area contributed by atoms with E-state index in [0.717, 1.165) is 12.8 Å². The van der Waals surface area contributed by atoms with Gasteiger partial charge in [0, 0.05) is 6.04 Å². The maximum atomic E-state index is 10.7. The molecule has 0 saturated heterocycles. The Balaban J connectivity index is 2.24. The second-order valence-corrected chi connectivity index (χ2v) is 4.94. The topological polar surface area (TPSA) is 72.2 Å². The van der Waals surface area contributed by atoms with Crippen molar-refractivity contribution in [3.8, 4) is 0 Å². The lowest BCUT2D eigenvalue weighted by Crippen LogP contribution is -2.45. The summed E-state index contributed by atoms with van der Waals surface area (Å²) in [6, 6.07) is 0.138. The van der Waals surface area contributed by atoms with Crippen molar-refractivity contribution in [1.82, 2.24) is 4.72 Å². The van der Waals surface area contributed by atoms with Crippen LogP contribution < -0.4 is 10.5 Å². The van der Waals surface area contributed by atoms with Gasteiger partial charge >= 0.3 is 0 Å². The van der Waals surface area contributed by atoms with Gasteiger partial charge in [0.25, 0.3) is 0 Å². The van der Waals surface area contributed by atoms with Crippen LogP contribution in [0.1, 0.15) is 12.8 Å². The Morgan fingerprint density at radius 1 is 1.55 bits per heavy atom. The smallest absolute Gasteiger partial charge is 0.208 e. The van der Waals surface area contributed by atoms with E-state index in [1.165, 1.54) is 6.26 Å². The standard InChI is InChI=1S/C6H14N2O2S/c1-11(9,10)8-6-2-5(3-6)4-7/h5-6,8H,2-4,7H2,1H3. The first-order chi connectivity index (χ1) is 5.01. The summed E-state index contributed by atoms with van der Waals surface area (Å²) in [5, 5.41) is 0. The Labute approximate surface area is 67.2 Å². The van der Waals surface area contributed by atoms with E-state index in [-0.39, 0.29) is 6.04 Å². The number of rotatable bonds is 3. The van der Waals surface area contributed by atoms with Gasteiger partial charge in [-0.2, -0.15) is 0 Å². The molecule has 1 rings (SSSR count). The predicted octanol–water partition coefficient (Wildman–Crippen LogP) is -0.727. The van der Waals surface area contributed by atoms with Crippen molar-refractivity contribution in [3.05, 3.63) is 0 Å². The molecule has 0 unspecified atom stereocenters. The highest BCUT2D eigenvalue weighted by atomic mass is 32.2. The van der Waals surface area contributed by atoms with E-state index in [0.29, 0.717) is 12.5 Å². The van der Waals surface area contributed by atoms with Gasteiger partial charge in [0.15, 0.2) is 0 Å². The maximum absolute atomic E-state index is 10.7. The second kappa shape index (κ2) is 3.08. The van der Waals surface area contributed by atoms with Crippen molar-refractivity contribution in [1.29, 1.82) is 0 Å². The number of hydrogen-bond acceptors (Lipinski definition) is 3. The highest BCUT2D eigenvalue weighted by Crippen LogP contribution is 2.26. The molecule has 0 amide bonds. The fourth-order valence-corrected chi connectivity index (χ4v) is 2.13. The molecule has 0 spiro atoms. The molecule has 3 N–H and O–H groups in total. The van der Waals surface area contributed by atoms with Gasteiger partial charge in [0.05, 0.1) is 6.26 Å². The Kier molecular flexibility index (Phi) is 2.51. The molecule has 0 heterocycles. The molecule has 0 aromatic carbocycles. The molecule has 66 valence electrons. The van der Waals surface area contributed by atoms with Crippen molar-refractivity contribution in [3.63, 3.8) is 0 Å². The maximum Gasteiger partial charge on any atom is 0.208 e. The zero-order valence-electron chi connectivity index (χ0n) is 6.58. The van der Waals surface area contributed by atoms with Crippen LogP contribution in [0.2, 0.25) is 0 Å². The van der Waals surface area contributed by atoms with Gasteiger partial charge in [0.2, 0.25) is 10.0 Å². The quantitative estimate of drug-likeness (QED) is 0.598. The van der Waals surface area contributed by atoms with Crippen LogP contribution in [0.3, 0.4) is 0 Å². The third-order valence-corrected chi connectivity index (χ3v) is 2.71. The molecule has 11 heavy (non-hydrogen) atoms. The Hall–Kier alpha value is -0.130. The molecule has 0 bridgehead atoms. The average Bonchev–Trinajstić information content (AvgIpc) is 1.75.